The highest BCUT2D eigenvalue weighted by atomic mass is 79.9. The third kappa shape index (κ3) is 5.95. The molecule has 1 aromatic rings. The molecule has 0 aliphatic heterocycles. The molecule has 0 saturated heterocycles. The maximum Gasteiger partial charge on any atom is 0.252 e. The molecular weight excluding hydrogens is 374 g/mol. The van der Waals surface area contributed by atoms with E-state index in [1.54, 1.807) is 13.2 Å². The Morgan fingerprint density at radius 2 is 2.00 bits per heavy atom. The molecule has 1 rings (SSSR count). The number of benzene rings is 1. The quantitative estimate of drug-likeness (QED) is 0.533. The summed E-state index contributed by atoms with van der Waals surface area (Å²) in [6.45, 7) is 0.713. The second-order valence-corrected chi connectivity index (χ2v) is 5.85. The van der Waals surface area contributed by atoms with E-state index in [1.807, 2.05) is 12.1 Å². The third-order valence-corrected chi connectivity index (χ3v) is 4.02. The summed E-state index contributed by atoms with van der Waals surface area (Å²) in [6, 6.07) is 5.38. The van der Waals surface area contributed by atoms with E-state index in [1.165, 1.54) is 12.8 Å². The molecule has 0 radical (unpaired) electrons. The zero-order chi connectivity index (χ0) is 14.1. The predicted octanol–water partition coefficient (Wildman–Crippen LogP) is 4.14. The average molecular weight is 393 g/mol. The molecule has 0 aliphatic carbocycles. The van der Waals surface area contributed by atoms with Gasteiger partial charge in [0.15, 0.2) is 0 Å². The number of ether oxygens (including phenoxy) is 1. The molecule has 0 saturated carbocycles. The fourth-order valence-electron chi connectivity index (χ4n) is 1.68. The minimum absolute atomic E-state index is 0.0636. The van der Waals surface area contributed by atoms with Crippen molar-refractivity contribution in [1.82, 2.24) is 5.32 Å². The van der Waals surface area contributed by atoms with Crippen molar-refractivity contribution in [2.75, 3.05) is 19.0 Å². The van der Waals surface area contributed by atoms with Gasteiger partial charge in [-0.05, 0) is 47.0 Å². The third-order valence-electron chi connectivity index (χ3n) is 2.76. The van der Waals surface area contributed by atoms with Gasteiger partial charge in [0.25, 0.3) is 5.91 Å². The van der Waals surface area contributed by atoms with Crippen LogP contribution >= 0.6 is 31.9 Å². The van der Waals surface area contributed by atoms with Gasteiger partial charge in [0.2, 0.25) is 0 Å². The fraction of sp³-hybridized carbons (Fsp3) is 0.500. The Morgan fingerprint density at radius 3 is 2.68 bits per heavy atom. The van der Waals surface area contributed by atoms with E-state index in [-0.39, 0.29) is 5.91 Å². The Balaban J connectivity index is 2.40. The van der Waals surface area contributed by atoms with Gasteiger partial charge in [0.05, 0.1) is 12.7 Å². The lowest BCUT2D eigenvalue weighted by molar-refractivity contribution is 0.0952. The molecule has 0 heterocycles. The Morgan fingerprint density at radius 1 is 1.26 bits per heavy atom. The molecule has 0 aliphatic rings. The first-order valence-electron chi connectivity index (χ1n) is 6.36. The van der Waals surface area contributed by atoms with E-state index in [0.29, 0.717) is 17.9 Å². The molecule has 0 bridgehead atoms. The summed E-state index contributed by atoms with van der Waals surface area (Å²) in [4.78, 5) is 12.0. The van der Waals surface area contributed by atoms with Crippen molar-refractivity contribution in [3.05, 3.63) is 28.2 Å². The molecule has 1 aromatic carbocycles. The zero-order valence-corrected chi connectivity index (χ0v) is 14.2. The molecule has 5 heteroatoms. The number of carbonyl (C=O) groups is 1. The summed E-state index contributed by atoms with van der Waals surface area (Å²) in [5.74, 6) is 0.622. The van der Waals surface area contributed by atoms with Crippen molar-refractivity contribution < 1.29 is 9.53 Å². The van der Waals surface area contributed by atoms with Crippen LogP contribution in [0.1, 0.15) is 36.0 Å². The van der Waals surface area contributed by atoms with Crippen LogP contribution in [0.4, 0.5) is 0 Å². The summed E-state index contributed by atoms with van der Waals surface area (Å²) >= 11 is 6.79. The van der Waals surface area contributed by atoms with Crippen molar-refractivity contribution in [2.45, 2.75) is 25.7 Å². The average Bonchev–Trinajstić information content (AvgIpc) is 2.43. The van der Waals surface area contributed by atoms with Gasteiger partial charge < -0.3 is 10.1 Å². The maximum absolute atomic E-state index is 12.0. The summed E-state index contributed by atoms with van der Waals surface area (Å²) in [7, 11) is 1.59. The van der Waals surface area contributed by atoms with Gasteiger partial charge in [0, 0.05) is 16.3 Å². The fourth-order valence-corrected chi connectivity index (χ4v) is 2.50. The van der Waals surface area contributed by atoms with E-state index >= 15 is 0 Å². The Bertz CT molecular complexity index is 410. The molecule has 1 amide bonds. The number of halogens is 2. The van der Waals surface area contributed by atoms with Crippen LogP contribution in [0.2, 0.25) is 0 Å². The number of alkyl halides is 1. The molecule has 0 unspecified atom stereocenters. The van der Waals surface area contributed by atoms with Crippen molar-refractivity contribution in [2.24, 2.45) is 0 Å². The highest BCUT2D eigenvalue weighted by Gasteiger charge is 2.10. The molecular formula is C14H19Br2NO2. The van der Waals surface area contributed by atoms with Gasteiger partial charge in [-0.3, -0.25) is 4.79 Å². The standard InChI is InChI=1S/C14H19Br2NO2/c1-19-11-6-7-13(16)12(10-11)14(18)17-9-5-3-2-4-8-15/h6-7,10H,2-5,8-9H2,1H3,(H,17,18). The number of hydrogen-bond acceptors (Lipinski definition) is 2. The summed E-state index contributed by atoms with van der Waals surface area (Å²) in [6.07, 6.45) is 4.55. The van der Waals surface area contributed by atoms with Crippen LogP contribution in [0, 0.1) is 0 Å². The normalized spacial score (nSPS) is 10.3. The lowest BCUT2D eigenvalue weighted by atomic mass is 10.2. The van der Waals surface area contributed by atoms with Crippen molar-refractivity contribution in [3.8, 4) is 5.75 Å². The smallest absolute Gasteiger partial charge is 0.252 e. The lowest BCUT2D eigenvalue weighted by Crippen LogP contribution is -2.24. The van der Waals surface area contributed by atoms with Crippen molar-refractivity contribution in [3.63, 3.8) is 0 Å². The van der Waals surface area contributed by atoms with Gasteiger partial charge >= 0.3 is 0 Å². The molecule has 1 N–H and O–H groups in total. The molecule has 19 heavy (non-hydrogen) atoms. The Hall–Kier alpha value is -0.550. The topological polar surface area (TPSA) is 38.3 Å². The second-order valence-electron chi connectivity index (χ2n) is 4.20. The molecule has 0 aromatic heterocycles. The summed E-state index contributed by atoms with van der Waals surface area (Å²) in [5, 5.41) is 3.98. The Kier molecular flexibility index (Phi) is 8.14. The van der Waals surface area contributed by atoms with Crippen LogP contribution in [0.5, 0.6) is 5.75 Å². The first-order valence-corrected chi connectivity index (χ1v) is 8.28. The first kappa shape index (κ1) is 16.5. The molecule has 0 fully saturated rings. The number of hydrogen-bond donors (Lipinski definition) is 1. The minimum Gasteiger partial charge on any atom is -0.497 e. The van der Waals surface area contributed by atoms with E-state index in [0.717, 1.165) is 22.6 Å². The zero-order valence-electron chi connectivity index (χ0n) is 11.0. The minimum atomic E-state index is -0.0636. The maximum atomic E-state index is 12.0. The highest BCUT2D eigenvalue weighted by molar-refractivity contribution is 9.10. The van der Waals surface area contributed by atoms with Crippen LogP contribution in [0.15, 0.2) is 22.7 Å². The number of nitrogens with one attached hydrogen (secondary N) is 1. The number of methoxy groups -OCH3 is 1. The largest absolute Gasteiger partial charge is 0.497 e. The van der Waals surface area contributed by atoms with Crippen molar-refractivity contribution >= 4 is 37.8 Å². The predicted molar refractivity (Wildman–Crippen MR) is 85.3 cm³/mol. The van der Waals surface area contributed by atoms with Crippen LogP contribution < -0.4 is 10.1 Å². The number of unbranched alkanes of at least 4 members (excludes halogenated alkanes) is 3. The summed E-state index contributed by atoms with van der Waals surface area (Å²) in [5.41, 5.74) is 0.611. The van der Waals surface area contributed by atoms with E-state index in [2.05, 4.69) is 37.2 Å². The summed E-state index contributed by atoms with van der Waals surface area (Å²) < 4.78 is 5.91. The highest BCUT2D eigenvalue weighted by Crippen LogP contribution is 2.22. The monoisotopic (exact) mass is 391 g/mol. The van der Waals surface area contributed by atoms with Crippen LogP contribution in [-0.4, -0.2) is 24.9 Å². The number of carbonyl (C=O) groups excluding carboxylic acids is 1. The molecule has 3 nitrogen and oxygen atoms in total. The van der Waals surface area contributed by atoms with E-state index in [4.69, 9.17) is 4.74 Å². The van der Waals surface area contributed by atoms with Crippen LogP contribution in [0.25, 0.3) is 0 Å². The van der Waals surface area contributed by atoms with E-state index in [9.17, 15) is 4.79 Å². The molecule has 0 atom stereocenters. The molecule has 106 valence electrons. The lowest BCUT2D eigenvalue weighted by Gasteiger charge is -2.08. The Labute approximate surface area is 131 Å². The molecule has 0 spiro atoms. The van der Waals surface area contributed by atoms with Crippen LogP contribution in [-0.2, 0) is 0 Å². The van der Waals surface area contributed by atoms with Gasteiger partial charge in [0.1, 0.15) is 5.75 Å². The number of rotatable bonds is 8. The van der Waals surface area contributed by atoms with Gasteiger partial charge in [-0.1, -0.05) is 28.8 Å². The van der Waals surface area contributed by atoms with E-state index < -0.39 is 0 Å². The van der Waals surface area contributed by atoms with Gasteiger partial charge in [-0.2, -0.15) is 0 Å². The first-order chi connectivity index (χ1) is 9.19. The van der Waals surface area contributed by atoms with Gasteiger partial charge in [-0.15, -0.1) is 0 Å². The second kappa shape index (κ2) is 9.37. The SMILES string of the molecule is COc1ccc(Br)c(C(=O)NCCCCCCBr)c1. The van der Waals surface area contributed by atoms with Crippen molar-refractivity contribution in [1.29, 1.82) is 0 Å². The van der Waals surface area contributed by atoms with Gasteiger partial charge in [-0.25, -0.2) is 0 Å². The number of amides is 1. The van der Waals surface area contributed by atoms with Crippen LogP contribution in [0.3, 0.4) is 0 Å².